The molecule has 2 N–H and O–H groups in total. The van der Waals surface area contributed by atoms with Crippen LogP contribution in [0.3, 0.4) is 0 Å². The second kappa shape index (κ2) is 6.03. The summed E-state index contributed by atoms with van der Waals surface area (Å²) < 4.78 is 28.0. The highest BCUT2D eigenvalue weighted by Gasteiger charge is 2.61. The zero-order valence-corrected chi connectivity index (χ0v) is 12.9. The Morgan fingerprint density at radius 3 is 2.43 bits per heavy atom. The first-order chi connectivity index (χ1) is 10.9. The van der Waals surface area contributed by atoms with Crippen LogP contribution >= 0.6 is 0 Å². The van der Waals surface area contributed by atoms with Gasteiger partial charge in [-0.3, -0.25) is 4.79 Å². The number of carbonyl (C=O) groups excluding carboxylic acids is 1. The van der Waals surface area contributed by atoms with Crippen molar-refractivity contribution < 1.29 is 18.7 Å². The maximum absolute atomic E-state index is 14.0. The molecule has 0 spiro atoms. The number of alkyl halides is 2. The fourth-order valence-corrected chi connectivity index (χ4v) is 3.03. The summed E-state index contributed by atoms with van der Waals surface area (Å²) in [6, 6.07) is 3.28. The van der Waals surface area contributed by atoms with Crippen LogP contribution in [0.15, 0.2) is 18.3 Å². The van der Waals surface area contributed by atoms with Gasteiger partial charge in [-0.1, -0.05) is 0 Å². The second-order valence-corrected chi connectivity index (χ2v) is 6.36. The van der Waals surface area contributed by atoms with Gasteiger partial charge in [0.05, 0.1) is 11.9 Å². The minimum atomic E-state index is -3.81. The topological polar surface area (TPSA) is 65.5 Å². The van der Waals surface area contributed by atoms with E-state index in [4.69, 9.17) is 0 Å². The lowest BCUT2D eigenvalue weighted by molar-refractivity contribution is -0.212. The van der Waals surface area contributed by atoms with E-state index in [0.717, 1.165) is 31.6 Å². The molecule has 1 aromatic heterocycles. The molecule has 0 atom stereocenters. The lowest BCUT2D eigenvalue weighted by atomic mass is 9.75. The smallest absolute Gasteiger partial charge is 0.352 e. The third-order valence-corrected chi connectivity index (χ3v) is 4.76. The molecule has 0 radical (unpaired) electrons. The summed E-state index contributed by atoms with van der Waals surface area (Å²) in [5, 5.41) is 11.9. The number of amides is 1. The van der Waals surface area contributed by atoms with E-state index in [-0.39, 0.29) is 18.7 Å². The Morgan fingerprint density at radius 2 is 1.91 bits per heavy atom. The first-order valence-corrected chi connectivity index (χ1v) is 8.05. The van der Waals surface area contributed by atoms with Gasteiger partial charge in [-0.25, -0.2) is 4.98 Å². The van der Waals surface area contributed by atoms with E-state index in [0.29, 0.717) is 6.42 Å². The van der Waals surface area contributed by atoms with Crippen LogP contribution in [0.25, 0.3) is 0 Å². The van der Waals surface area contributed by atoms with Crippen LogP contribution in [0, 0.1) is 0 Å². The van der Waals surface area contributed by atoms with E-state index in [1.54, 1.807) is 12.3 Å². The average Bonchev–Trinajstić information content (AvgIpc) is 2.54. The predicted octanol–water partition coefficient (Wildman–Crippen LogP) is 2.56. The Hall–Kier alpha value is -1.76. The normalized spacial score (nSPS) is 20.7. The molecular formula is C16H21F2N3O2. The number of anilines is 2. The lowest BCUT2D eigenvalue weighted by Crippen LogP contribution is -2.59. The van der Waals surface area contributed by atoms with Crippen molar-refractivity contribution in [1.82, 2.24) is 4.98 Å². The summed E-state index contributed by atoms with van der Waals surface area (Å²) in [5.41, 5.74) is -1.29. The number of aliphatic hydroxyl groups is 1. The van der Waals surface area contributed by atoms with E-state index >= 15 is 0 Å². The minimum absolute atomic E-state index is 0.0608. The molecule has 7 heteroatoms. The Labute approximate surface area is 133 Å². The zero-order valence-electron chi connectivity index (χ0n) is 12.9. The summed E-state index contributed by atoms with van der Waals surface area (Å²) in [6.45, 7) is 1.91. The number of nitrogens with one attached hydrogen (secondary N) is 1. The summed E-state index contributed by atoms with van der Waals surface area (Å²) in [5.74, 6) is -5.24. The number of pyridine rings is 1. The lowest BCUT2D eigenvalue weighted by Gasteiger charge is -2.41. The first-order valence-electron chi connectivity index (χ1n) is 8.05. The van der Waals surface area contributed by atoms with Crippen LogP contribution in [0.2, 0.25) is 0 Å². The molecule has 1 aliphatic heterocycles. The monoisotopic (exact) mass is 325 g/mol. The van der Waals surface area contributed by atoms with E-state index in [1.165, 1.54) is 12.5 Å². The molecule has 1 amide bonds. The molecule has 126 valence electrons. The number of halogens is 2. The van der Waals surface area contributed by atoms with Crippen LogP contribution in [-0.4, -0.2) is 40.6 Å². The van der Waals surface area contributed by atoms with E-state index < -0.39 is 17.4 Å². The number of carbonyl (C=O) groups is 1. The first kappa shape index (κ1) is 16.1. The Bertz CT molecular complexity index is 567. The summed E-state index contributed by atoms with van der Waals surface area (Å²) in [7, 11) is 0. The Kier molecular flexibility index (Phi) is 4.23. The van der Waals surface area contributed by atoms with Crippen molar-refractivity contribution in [3.63, 3.8) is 0 Å². The van der Waals surface area contributed by atoms with Crippen molar-refractivity contribution in [2.75, 3.05) is 23.3 Å². The molecule has 1 aromatic rings. The van der Waals surface area contributed by atoms with Crippen LogP contribution < -0.4 is 10.2 Å². The molecule has 1 aliphatic carbocycles. The number of aromatic nitrogens is 1. The van der Waals surface area contributed by atoms with Crippen molar-refractivity contribution in [2.45, 2.75) is 50.0 Å². The Morgan fingerprint density at radius 1 is 1.22 bits per heavy atom. The van der Waals surface area contributed by atoms with Gasteiger partial charge < -0.3 is 15.3 Å². The minimum Gasteiger partial charge on any atom is -0.383 e. The molecule has 1 saturated carbocycles. The average molecular weight is 325 g/mol. The summed E-state index contributed by atoms with van der Waals surface area (Å²) in [6.07, 6.45) is 5.44. The summed E-state index contributed by atoms with van der Waals surface area (Å²) in [4.78, 5) is 18.0. The number of nitrogens with zero attached hydrogens (tertiary/aromatic N) is 2. The van der Waals surface area contributed by atoms with Gasteiger partial charge in [0.1, 0.15) is 11.4 Å². The molecule has 1 saturated heterocycles. The zero-order chi connectivity index (χ0) is 16.5. The fraction of sp³-hybridized carbons (Fsp3) is 0.625. The van der Waals surface area contributed by atoms with Crippen molar-refractivity contribution in [1.29, 1.82) is 0 Å². The third-order valence-electron chi connectivity index (χ3n) is 4.76. The van der Waals surface area contributed by atoms with Gasteiger partial charge in [-0.15, -0.1) is 0 Å². The second-order valence-electron chi connectivity index (χ2n) is 6.36. The Balaban J connectivity index is 1.64. The standard InChI is InChI=1S/C16H21F2N3O2/c17-16(18,15(23)7-4-8-15)14(22)20-13-6-5-12(11-19-13)21-9-2-1-3-10-21/h5-6,11,23H,1-4,7-10H2,(H,19,20,22). The van der Waals surface area contributed by atoms with Crippen LogP contribution in [0.5, 0.6) is 0 Å². The maximum Gasteiger partial charge on any atom is 0.352 e. The van der Waals surface area contributed by atoms with Crippen LogP contribution in [0.4, 0.5) is 20.3 Å². The van der Waals surface area contributed by atoms with E-state index in [2.05, 4.69) is 15.2 Å². The molecule has 0 aromatic carbocycles. The molecule has 0 bridgehead atoms. The van der Waals surface area contributed by atoms with Gasteiger partial charge in [0, 0.05) is 13.1 Å². The molecule has 5 nitrogen and oxygen atoms in total. The van der Waals surface area contributed by atoms with Crippen molar-refractivity contribution >= 4 is 17.4 Å². The quantitative estimate of drug-likeness (QED) is 0.893. The largest absolute Gasteiger partial charge is 0.383 e. The van der Waals surface area contributed by atoms with Gasteiger partial charge in [-0.05, 0) is 50.7 Å². The van der Waals surface area contributed by atoms with Gasteiger partial charge in [0.2, 0.25) is 0 Å². The van der Waals surface area contributed by atoms with E-state index in [9.17, 15) is 18.7 Å². The molecule has 0 unspecified atom stereocenters. The highest BCUT2D eigenvalue weighted by atomic mass is 19.3. The van der Waals surface area contributed by atoms with Crippen molar-refractivity contribution in [3.05, 3.63) is 18.3 Å². The number of piperidine rings is 1. The SMILES string of the molecule is O=C(Nc1ccc(N2CCCCC2)cn1)C(F)(F)C1(O)CCC1. The molecule has 2 fully saturated rings. The number of rotatable bonds is 4. The molecule has 3 rings (SSSR count). The molecular weight excluding hydrogens is 304 g/mol. The van der Waals surface area contributed by atoms with Gasteiger partial charge in [-0.2, -0.15) is 8.78 Å². The van der Waals surface area contributed by atoms with E-state index in [1.807, 2.05) is 0 Å². The van der Waals surface area contributed by atoms with Gasteiger partial charge in [0.25, 0.3) is 5.91 Å². The molecule has 23 heavy (non-hydrogen) atoms. The predicted molar refractivity (Wildman–Crippen MR) is 82.7 cm³/mol. The summed E-state index contributed by atoms with van der Waals surface area (Å²) >= 11 is 0. The number of hydrogen-bond acceptors (Lipinski definition) is 4. The number of hydrogen-bond donors (Lipinski definition) is 2. The van der Waals surface area contributed by atoms with Gasteiger partial charge >= 0.3 is 5.92 Å². The highest BCUT2D eigenvalue weighted by Crippen LogP contribution is 2.44. The molecule has 2 aliphatic rings. The van der Waals surface area contributed by atoms with Gasteiger partial charge in [0.15, 0.2) is 0 Å². The maximum atomic E-state index is 14.0. The third kappa shape index (κ3) is 3.02. The van der Waals surface area contributed by atoms with Crippen LogP contribution in [0.1, 0.15) is 38.5 Å². The van der Waals surface area contributed by atoms with Crippen molar-refractivity contribution in [3.8, 4) is 0 Å². The molecule has 2 heterocycles. The fourth-order valence-electron chi connectivity index (χ4n) is 3.03. The van der Waals surface area contributed by atoms with Crippen molar-refractivity contribution in [2.24, 2.45) is 0 Å². The van der Waals surface area contributed by atoms with Crippen LogP contribution in [-0.2, 0) is 4.79 Å². The highest BCUT2D eigenvalue weighted by molar-refractivity contribution is 5.96.